The highest BCUT2D eigenvalue weighted by Gasteiger charge is 2.31. The van der Waals surface area contributed by atoms with E-state index in [9.17, 15) is 16.8 Å². The van der Waals surface area contributed by atoms with E-state index in [0.29, 0.717) is 93.7 Å². The minimum absolute atomic E-state index is 0.343. The van der Waals surface area contributed by atoms with Crippen molar-refractivity contribution in [1.82, 2.24) is 59.5 Å². The van der Waals surface area contributed by atoms with Crippen molar-refractivity contribution in [1.29, 1.82) is 0 Å². The number of nitrogens with zero attached hydrogens (tertiary/aromatic N) is 20. The quantitative estimate of drug-likeness (QED) is 0.0685. The van der Waals surface area contributed by atoms with E-state index >= 15 is 0 Å². The first-order valence-electron chi connectivity index (χ1n) is 40.9. The highest BCUT2D eigenvalue weighted by molar-refractivity contribution is 7.93. The Balaban J connectivity index is 0.000000135. The summed E-state index contributed by atoms with van der Waals surface area (Å²) in [5, 5.41) is 0. The van der Waals surface area contributed by atoms with E-state index in [1.165, 1.54) is 44.5 Å². The molecule has 8 aromatic rings. The number of benzene rings is 4. The summed E-state index contributed by atoms with van der Waals surface area (Å²) >= 11 is 0. The fraction of sp³-hybridized carbons (Fsp3) is 0.524. The summed E-state index contributed by atoms with van der Waals surface area (Å²) in [6.07, 6.45) is 23.9. The van der Waals surface area contributed by atoms with Gasteiger partial charge in [0.1, 0.15) is 23.0 Å². The van der Waals surface area contributed by atoms with Crippen molar-refractivity contribution < 1.29 is 35.8 Å². The second kappa shape index (κ2) is 38.3. The van der Waals surface area contributed by atoms with Crippen LogP contribution in [-0.4, -0.2) is 259 Å². The lowest BCUT2D eigenvalue weighted by Gasteiger charge is -2.38. The molecule has 0 unspecified atom stereocenters. The van der Waals surface area contributed by atoms with Crippen molar-refractivity contribution in [2.75, 3.05) is 202 Å². The third kappa shape index (κ3) is 20.7. The average molecular weight is 1660 g/mol. The van der Waals surface area contributed by atoms with E-state index < -0.39 is 38.9 Å². The van der Waals surface area contributed by atoms with Gasteiger partial charge in [-0.05, 0) is 124 Å². The topological polar surface area (TPSA) is 284 Å². The molecule has 32 heteroatoms. The standard InChI is InChI=1S/4C21H29N5O2S/c4*1-4-24-29(3,27)19-14-22-21(23-15-19)26-10-8-25(9-11-26)16(2)18-6-5-17-7-12-28-20(17)13-18/h4*5-6,13-16H,4,7-12H2,1-3H3/t2*16-,29+;2*16-,29-/m1010/s1. The lowest BCUT2D eigenvalue weighted by Crippen LogP contribution is -2.47. The van der Waals surface area contributed by atoms with Crippen molar-refractivity contribution in [3.05, 3.63) is 167 Å². The number of ether oxygens (including phenoxy) is 4. The summed E-state index contributed by atoms with van der Waals surface area (Å²) in [4.78, 5) is 56.7. The molecule has 4 aromatic heterocycles. The number of piperazine rings is 4. The maximum absolute atomic E-state index is 12.5. The zero-order valence-electron chi connectivity index (χ0n) is 69.5. The normalized spacial score (nSPS) is 19.9. The van der Waals surface area contributed by atoms with Crippen LogP contribution in [0.4, 0.5) is 23.8 Å². The van der Waals surface area contributed by atoms with Crippen molar-refractivity contribution >= 4 is 62.7 Å². The molecular weight excluding hydrogens is 1550 g/mol. The summed E-state index contributed by atoms with van der Waals surface area (Å²) in [5.41, 5.74) is 10.5. The Hall–Kier alpha value is -8.76. The first-order valence-corrected chi connectivity index (χ1v) is 48.6. The molecule has 12 heterocycles. The fourth-order valence-corrected chi connectivity index (χ4v) is 20.4. The van der Waals surface area contributed by atoms with Gasteiger partial charge in [0, 0.05) is 255 Å². The lowest BCUT2D eigenvalue weighted by atomic mass is 10.0. The maximum atomic E-state index is 12.5. The SMILES string of the molecule is CCN=[S@@](C)(=O)c1cnc(N2CCN([C@@H](C)c3ccc4c(c3)OCC4)CC2)nc1.CCN=[S@@](C)(=O)c1cnc(N2CCN([C@H](C)c3ccc4c(c3)OCC4)CC2)nc1.CCN=[S@](C)(=O)c1cnc(N2CCN([C@@H](C)c3ccc4c(c3)OCC4)CC2)nc1.CCN=[S@](C)(=O)c1cnc(N2CCN([C@H](C)c3ccc4c(c3)OCC4)CC2)nc1. The molecule has 0 N–H and O–H groups in total. The highest BCUT2D eigenvalue weighted by Crippen LogP contribution is 2.37. The number of anilines is 4. The van der Waals surface area contributed by atoms with Crippen LogP contribution in [0.3, 0.4) is 0 Å². The van der Waals surface area contributed by atoms with Gasteiger partial charge in [0.05, 0.1) is 84.9 Å². The third-order valence-corrected chi connectivity index (χ3v) is 30.4. The summed E-state index contributed by atoms with van der Waals surface area (Å²) < 4.78 is 89.7. The molecular formula is C84H116N20O8S4. The molecule has 0 radical (unpaired) electrons. The largest absolute Gasteiger partial charge is 0.493 e. The number of rotatable bonds is 20. The molecule has 16 rings (SSSR count). The van der Waals surface area contributed by atoms with Gasteiger partial charge >= 0.3 is 0 Å². The molecule has 4 saturated heterocycles. The summed E-state index contributed by atoms with van der Waals surface area (Å²) in [5.74, 6) is 6.95. The minimum Gasteiger partial charge on any atom is -0.493 e. The molecule has 28 nitrogen and oxygen atoms in total. The van der Waals surface area contributed by atoms with E-state index in [1.54, 1.807) is 74.6 Å². The first kappa shape index (κ1) is 85.1. The Morgan fingerprint density at radius 3 is 0.655 bits per heavy atom. The summed E-state index contributed by atoms with van der Waals surface area (Å²) in [7, 11) is -9.60. The zero-order valence-corrected chi connectivity index (χ0v) is 72.8. The molecule has 0 bridgehead atoms. The molecule has 0 aliphatic carbocycles. The Morgan fingerprint density at radius 1 is 0.302 bits per heavy atom. The monoisotopic (exact) mass is 1660 g/mol. The van der Waals surface area contributed by atoms with E-state index in [0.717, 1.165) is 180 Å². The van der Waals surface area contributed by atoms with Crippen LogP contribution in [0.15, 0.2) is 159 Å². The predicted octanol–water partition coefficient (Wildman–Crippen LogP) is 11.1. The number of aromatic nitrogens is 8. The van der Waals surface area contributed by atoms with Crippen LogP contribution in [0.5, 0.6) is 23.0 Å². The minimum atomic E-state index is -2.40. The van der Waals surface area contributed by atoms with Crippen molar-refractivity contribution in [3.63, 3.8) is 0 Å². The smallest absolute Gasteiger partial charge is 0.225 e. The van der Waals surface area contributed by atoms with E-state index in [-0.39, 0.29) is 0 Å². The van der Waals surface area contributed by atoms with Gasteiger partial charge in [-0.15, -0.1) is 0 Å². The molecule has 0 amide bonds. The molecule has 8 atom stereocenters. The van der Waals surface area contributed by atoms with E-state index in [2.05, 4.69) is 197 Å². The summed E-state index contributed by atoms with van der Waals surface area (Å²) in [6, 6.07) is 27.9. The van der Waals surface area contributed by atoms with Gasteiger partial charge in [0.2, 0.25) is 23.8 Å². The van der Waals surface area contributed by atoms with Crippen LogP contribution in [-0.2, 0) is 64.6 Å². The highest BCUT2D eigenvalue weighted by atomic mass is 32.2. The third-order valence-electron chi connectivity index (χ3n) is 23.1. The van der Waals surface area contributed by atoms with Crippen LogP contribution in [0, 0.1) is 0 Å². The van der Waals surface area contributed by atoms with Crippen LogP contribution < -0.4 is 38.5 Å². The van der Waals surface area contributed by atoms with Gasteiger partial charge in [-0.2, -0.15) is 0 Å². The zero-order chi connectivity index (χ0) is 81.7. The Labute approximate surface area is 687 Å². The fourth-order valence-electron chi connectivity index (χ4n) is 15.8. The maximum Gasteiger partial charge on any atom is 0.225 e. The second-order valence-corrected chi connectivity index (χ2v) is 39.9. The van der Waals surface area contributed by atoms with Crippen molar-refractivity contribution in [3.8, 4) is 23.0 Å². The molecule has 0 saturated carbocycles. The predicted molar refractivity (Wildman–Crippen MR) is 461 cm³/mol. The second-order valence-electron chi connectivity index (χ2n) is 30.5. The summed E-state index contributed by atoms with van der Waals surface area (Å²) in [6.45, 7) is 36.3. The lowest BCUT2D eigenvalue weighted by molar-refractivity contribution is 0.197. The molecule has 4 fully saturated rings. The van der Waals surface area contributed by atoms with Crippen molar-refractivity contribution in [2.24, 2.45) is 17.5 Å². The van der Waals surface area contributed by atoms with Gasteiger partial charge in [0.15, 0.2) is 0 Å². The van der Waals surface area contributed by atoms with E-state index in [1.807, 2.05) is 27.7 Å². The number of fused-ring (bicyclic) bond motifs is 4. The average Bonchev–Trinajstić information content (AvgIpc) is 1.80. The van der Waals surface area contributed by atoms with Gasteiger partial charge < -0.3 is 38.5 Å². The van der Waals surface area contributed by atoms with Crippen LogP contribution in [0.2, 0.25) is 0 Å². The van der Waals surface area contributed by atoms with Crippen LogP contribution in [0.25, 0.3) is 0 Å². The van der Waals surface area contributed by atoms with Crippen LogP contribution >= 0.6 is 0 Å². The van der Waals surface area contributed by atoms with Gasteiger partial charge in [-0.3, -0.25) is 19.6 Å². The molecule has 116 heavy (non-hydrogen) atoms. The Kier molecular flexibility index (Phi) is 28.1. The molecule has 8 aliphatic heterocycles. The molecule has 0 spiro atoms. The molecule has 4 aromatic carbocycles. The Bertz CT molecular complexity index is 4550. The molecule has 624 valence electrons. The van der Waals surface area contributed by atoms with Gasteiger partial charge in [0.25, 0.3) is 0 Å². The van der Waals surface area contributed by atoms with Crippen molar-refractivity contribution in [2.45, 2.75) is 125 Å². The number of hydrogen-bond donors (Lipinski definition) is 0. The molecule has 8 aliphatic rings. The van der Waals surface area contributed by atoms with Crippen LogP contribution in [0.1, 0.15) is 124 Å². The van der Waals surface area contributed by atoms with E-state index in [4.69, 9.17) is 18.9 Å². The van der Waals surface area contributed by atoms with Gasteiger partial charge in [-0.25, -0.2) is 74.2 Å². The first-order chi connectivity index (χ1) is 55.9. The Morgan fingerprint density at radius 2 is 0.483 bits per heavy atom. The van der Waals surface area contributed by atoms with Gasteiger partial charge in [-0.1, -0.05) is 48.5 Å². The number of hydrogen-bond acceptors (Lipinski definition) is 28.